The molecule has 4 aliphatic rings. The minimum Gasteiger partial charge on any atom is -0.493 e. The van der Waals surface area contributed by atoms with E-state index in [1.54, 1.807) is 14.2 Å². The van der Waals surface area contributed by atoms with E-state index in [0.29, 0.717) is 18.8 Å². The topological polar surface area (TPSA) is 40.2 Å². The molecule has 5 heteroatoms. The lowest BCUT2D eigenvalue weighted by molar-refractivity contribution is 0.173. The summed E-state index contributed by atoms with van der Waals surface area (Å²) in [6.07, 6.45) is 8.55. The highest BCUT2D eigenvalue weighted by Gasteiger charge is 2.37. The van der Waals surface area contributed by atoms with Crippen LogP contribution in [-0.4, -0.2) is 32.5 Å². The van der Waals surface area contributed by atoms with E-state index in [0.717, 1.165) is 42.4 Å². The predicted molar refractivity (Wildman–Crippen MR) is 92.1 cm³/mol. The van der Waals surface area contributed by atoms with Crippen molar-refractivity contribution in [1.29, 1.82) is 0 Å². The van der Waals surface area contributed by atoms with Crippen molar-refractivity contribution in [2.75, 3.05) is 27.6 Å². The standard InChI is InChI=1S/C20H21NO4/c1-22-17-4-3-12-7-16-14-9-19-18(24-11-25-19)8-13(14)5-6-21(16)10-15(12)20(17)23-2/h3-4,8-10,12,16H,5-7,11H2,1-2H3. The van der Waals surface area contributed by atoms with Gasteiger partial charge in [0.25, 0.3) is 0 Å². The van der Waals surface area contributed by atoms with Gasteiger partial charge in [-0.1, -0.05) is 6.08 Å². The van der Waals surface area contributed by atoms with E-state index < -0.39 is 0 Å². The van der Waals surface area contributed by atoms with Gasteiger partial charge in [-0.15, -0.1) is 0 Å². The summed E-state index contributed by atoms with van der Waals surface area (Å²) in [7, 11) is 3.40. The van der Waals surface area contributed by atoms with Gasteiger partial charge in [0.15, 0.2) is 23.0 Å². The summed E-state index contributed by atoms with van der Waals surface area (Å²) in [6.45, 7) is 1.32. The Morgan fingerprint density at radius 1 is 1.12 bits per heavy atom. The smallest absolute Gasteiger partial charge is 0.231 e. The molecule has 5 nitrogen and oxygen atoms in total. The maximum Gasteiger partial charge on any atom is 0.231 e. The average molecular weight is 339 g/mol. The number of ether oxygens (including phenoxy) is 4. The van der Waals surface area contributed by atoms with E-state index >= 15 is 0 Å². The fourth-order valence-electron chi connectivity index (χ4n) is 4.38. The summed E-state index contributed by atoms with van der Waals surface area (Å²) in [5.74, 6) is 3.74. The lowest BCUT2D eigenvalue weighted by Crippen LogP contribution is -2.37. The van der Waals surface area contributed by atoms with Gasteiger partial charge in [-0.05, 0) is 42.2 Å². The molecule has 0 N–H and O–H groups in total. The minimum absolute atomic E-state index is 0.323. The van der Waals surface area contributed by atoms with Crippen molar-refractivity contribution >= 4 is 0 Å². The number of benzene rings is 1. The van der Waals surface area contributed by atoms with Crippen LogP contribution < -0.4 is 9.47 Å². The van der Waals surface area contributed by atoms with E-state index in [-0.39, 0.29) is 0 Å². The maximum atomic E-state index is 5.65. The molecule has 2 atom stereocenters. The first-order valence-electron chi connectivity index (χ1n) is 8.69. The fourth-order valence-corrected chi connectivity index (χ4v) is 4.38. The molecule has 0 fully saturated rings. The van der Waals surface area contributed by atoms with Crippen LogP contribution >= 0.6 is 0 Å². The van der Waals surface area contributed by atoms with Crippen LogP contribution in [0.1, 0.15) is 23.6 Å². The van der Waals surface area contributed by atoms with Crippen molar-refractivity contribution in [3.8, 4) is 11.5 Å². The predicted octanol–water partition coefficient (Wildman–Crippen LogP) is 3.29. The average Bonchev–Trinajstić information content (AvgIpc) is 3.11. The van der Waals surface area contributed by atoms with Gasteiger partial charge in [-0.3, -0.25) is 0 Å². The van der Waals surface area contributed by atoms with Gasteiger partial charge in [0, 0.05) is 24.2 Å². The minimum atomic E-state index is 0.323. The van der Waals surface area contributed by atoms with Crippen LogP contribution in [0.2, 0.25) is 0 Å². The van der Waals surface area contributed by atoms with Gasteiger partial charge < -0.3 is 23.8 Å². The molecular formula is C20H21NO4. The molecule has 5 rings (SSSR count). The van der Waals surface area contributed by atoms with Crippen LogP contribution in [-0.2, 0) is 15.9 Å². The van der Waals surface area contributed by atoms with Gasteiger partial charge >= 0.3 is 0 Å². The first-order valence-corrected chi connectivity index (χ1v) is 8.69. The Kier molecular flexibility index (Phi) is 3.23. The molecule has 0 radical (unpaired) electrons. The quantitative estimate of drug-likeness (QED) is 0.827. The zero-order valence-corrected chi connectivity index (χ0v) is 14.5. The molecule has 1 aliphatic carbocycles. The second kappa shape index (κ2) is 5.48. The third kappa shape index (κ3) is 2.15. The van der Waals surface area contributed by atoms with Crippen LogP contribution in [0.25, 0.3) is 0 Å². The zero-order chi connectivity index (χ0) is 17.0. The maximum absolute atomic E-state index is 5.65. The molecule has 0 saturated carbocycles. The Morgan fingerprint density at radius 2 is 1.96 bits per heavy atom. The van der Waals surface area contributed by atoms with Crippen molar-refractivity contribution in [3.63, 3.8) is 0 Å². The highest BCUT2D eigenvalue weighted by molar-refractivity contribution is 5.52. The Balaban J connectivity index is 1.56. The van der Waals surface area contributed by atoms with Crippen molar-refractivity contribution in [2.45, 2.75) is 18.9 Å². The van der Waals surface area contributed by atoms with Crippen LogP contribution in [0.15, 0.2) is 47.6 Å². The molecule has 25 heavy (non-hydrogen) atoms. The van der Waals surface area contributed by atoms with Gasteiger partial charge in [-0.25, -0.2) is 0 Å². The summed E-state index contributed by atoms with van der Waals surface area (Å²) < 4.78 is 22.3. The van der Waals surface area contributed by atoms with E-state index in [1.807, 2.05) is 6.08 Å². The molecule has 2 unspecified atom stereocenters. The van der Waals surface area contributed by atoms with E-state index in [4.69, 9.17) is 18.9 Å². The number of hydrogen-bond donors (Lipinski definition) is 0. The van der Waals surface area contributed by atoms with E-state index in [2.05, 4.69) is 29.3 Å². The third-order valence-electron chi connectivity index (χ3n) is 5.60. The Labute approximate surface area is 147 Å². The third-order valence-corrected chi connectivity index (χ3v) is 5.60. The van der Waals surface area contributed by atoms with Crippen LogP contribution in [0.4, 0.5) is 0 Å². The lowest BCUT2D eigenvalue weighted by atomic mass is 9.79. The van der Waals surface area contributed by atoms with Crippen molar-refractivity contribution in [3.05, 3.63) is 58.7 Å². The van der Waals surface area contributed by atoms with Crippen LogP contribution in [0.3, 0.4) is 0 Å². The second-order valence-electron chi connectivity index (χ2n) is 6.80. The molecule has 0 saturated heterocycles. The Hall–Kier alpha value is -2.56. The number of nitrogens with zero attached hydrogens (tertiary/aromatic N) is 1. The molecule has 0 amide bonds. The summed E-state index contributed by atoms with van der Waals surface area (Å²) in [6, 6.07) is 4.70. The first-order chi connectivity index (χ1) is 12.3. The highest BCUT2D eigenvalue weighted by Crippen LogP contribution is 2.47. The molecule has 0 spiro atoms. The summed E-state index contributed by atoms with van der Waals surface area (Å²) >= 11 is 0. The first kappa shape index (κ1) is 14.8. The number of hydrogen-bond acceptors (Lipinski definition) is 5. The highest BCUT2D eigenvalue weighted by atomic mass is 16.7. The molecule has 3 aliphatic heterocycles. The molecule has 1 aromatic rings. The van der Waals surface area contributed by atoms with Crippen molar-refractivity contribution in [2.24, 2.45) is 5.92 Å². The fraction of sp³-hybridized carbons (Fsp3) is 0.400. The largest absolute Gasteiger partial charge is 0.493 e. The second-order valence-corrected chi connectivity index (χ2v) is 6.80. The lowest BCUT2D eigenvalue weighted by Gasteiger charge is -2.43. The number of methoxy groups -OCH3 is 2. The molecule has 3 heterocycles. The molecule has 1 aromatic carbocycles. The van der Waals surface area contributed by atoms with Crippen LogP contribution in [0, 0.1) is 5.92 Å². The van der Waals surface area contributed by atoms with Gasteiger partial charge in [0.2, 0.25) is 6.79 Å². The Bertz CT molecular complexity index is 823. The molecule has 0 aromatic heterocycles. The van der Waals surface area contributed by atoms with Gasteiger partial charge in [-0.2, -0.15) is 0 Å². The van der Waals surface area contributed by atoms with E-state index in [1.165, 1.54) is 16.7 Å². The van der Waals surface area contributed by atoms with Gasteiger partial charge in [0.05, 0.1) is 20.3 Å². The number of rotatable bonds is 2. The van der Waals surface area contributed by atoms with Crippen LogP contribution in [0.5, 0.6) is 11.5 Å². The monoisotopic (exact) mass is 339 g/mol. The summed E-state index contributed by atoms with van der Waals surface area (Å²) in [5.41, 5.74) is 3.95. The number of fused-ring (bicyclic) bond motifs is 5. The molecule has 130 valence electrons. The SMILES string of the molecule is COC1=C(OC)C2=CN3CCc4cc5c(cc4C3CC2C=C1)OCO5. The molecule has 0 bridgehead atoms. The number of allylic oxidation sites excluding steroid dienone is 3. The van der Waals surface area contributed by atoms with Crippen molar-refractivity contribution < 1.29 is 18.9 Å². The van der Waals surface area contributed by atoms with Crippen molar-refractivity contribution in [1.82, 2.24) is 4.90 Å². The van der Waals surface area contributed by atoms with Gasteiger partial charge in [0.1, 0.15) is 0 Å². The molecular weight excluding hydrogens is 318 g/mol. The van der Waals surface area contributed by atoms with E-state index in [9.17, 15) is 0 Å². The zero-order valence-electron chi connectivity index (χ0n) is 14.5. The normalized spacial score (nSPS) is 25.8. The Morgan fingerprint density at radius 3 is 2.76 bits per heavy atom. The summed E-state index contributed by atoms with van der Waals surface area (Å²) in [4.78, 5) is 2.43. The summed E-state index contributed by atoms with van der Waals surface area (Å²) in [5, 5.41) is 0.